The molecule has 0 atom stereocenters. The first kappa shape index (κ1) is 14.0. The molecule has 2 heterocycles. The van der Waals surface area contributed by atoms with Crippen molar-refractivity contribution in [1.29, 1.82) is 0 Å². The van der Waals surface area contributed by atoms with E-state index in [-0.39, 0.29) is 0 Å². The van der Waals surface area contributed by atoms with E-state index in [2.05, 4.69) is 66.3 Å². The molecular weight excluding hydrogens is 384 g/mol. The minimum atomic E-state index is 0.676. The van der Waals surface area contributed by atoms with Gasteiger partial charge < -0.3 is 14.6 Å². The average Bonchev–Trinajstić information content (AvgIpc) is 3.08. The maximum absolute atomic E-state index is 5.60. The number of furan rings is 1. The summed E-state index contributed by atoms with van der Waals surface area (Å²) in [6.07, 6.45) is 2.57. The fourth-order valence-electron chi connectivity index (χ4n) is 2.52. The number of anilines is 2. The van der Waals surface area contributed by atoms with E-state index in [0.717, 1.165) is 33.7 Å². The van der Waals surface area contributed by atoms with Gasteiger partial charge in [0.25, 0.3) is 0 Å². The lowest BCUT2D eigenvalue weighted by atomic mass is 10.2. The van der Waals surface area contributed by atoms with Crippen molar-refractivity contribution in [2.45, 2.75) is 19.4 Å². The Bertz CT molecular complexity index is 572. The third kappa shape index (κ3) is 3.04. The van der Waals surface area contributed by atoms with Crippen molar-refractivity contribution in [2.24, 2.45) is 0 Å². The Morgan fingerprint density at radius 3 is 2.60 bits per heavy atom. The second-order valence-corrected chi connectivity index (χ2v) is 6.47. The largest absolute Gasteiger partial charge is 0.451 e. The van der Waals surface area contributed by atoms with Crippen molar-refractivity contribution in [3.63, 3.8) is 0 Å². The fourth-order valence-corrected chi connectivity index (χ4v) is 3.18. The van der Waals surface area contributed by atoms with E-state index < -0.39 is 0 Å². The molecule has 1 aliphatic rings. The first-order valence-electron chi connectivity index (χ1n) is 6.75. The van der Waals surface area contributed by atoms with Crippen molar-refractivity contribution in [1.82, 2.24) is 0 Å². The summed E-state index contributed by atoms with van der Waals surface area (Å²) in [5.74, 6) is 0.903. The zero-order chi connectivity index (χ0) is 13.9. The van der Waals surface area contributed by atoms with Crippen molar-refractivity contribution in [3.8, 4) is 0 Å². The molecule has 20 heavy (non-hydrogen) atoms. The molecular formula is C15H16Br2N2O. The topological polar surface area (TPSA) is 28.4 Å². The lowest BCUT2D eigenvalue weighted by Gasteiger charge is -2.21. The summed E-state index contributed by atoms with van der Waals surface area (Å²) in [7, 11) is 0. The lowest BCUT2D eigenvalue weighted by Crippen LogP contribution is -2.19. The summed E-state index contributed by atoms with van der Waals surface area (Å²) in [5, 5.41) is 3.47. The number of hydrogen-bond acceptors (Lipinski definition) is 3. The minimum absolute atomic E-state index is 0.676. The molecule has 0 radical (unpaired) electrons. The monoisotopic (exact) mass is 398 g/mol. The van der Waals surface area contributed by atoms with Crippen LogP contribution in [0, 0.1) is 0 Å². The number of rotatable bonds is 4. The molecule has 1 saturated heterocycles. The first-order valence-corrected chi connectivity index (χ1v) is 8.34. The smallest absolute Gasteiger partial charge is 0.183 e. The van der Waals surface area contributed by atoms with Gasteiger partial charge in [0, 0.05) is 13.1 Å². The van der Waals surface area contributed by atoms with Crippen molar-refractivity contribution < 1.29 is 4.42 Å². The zero-order valence-corrected chi connectivity index (χ0v) is 14.2. The number of para-hydroxylation sites is 2. The van der Waals surface area contributed by atoms with Crippen LogP contribution in [0.5, 0.6) is 0 Å². The fraction of sp³-hybridized carbons (Fsp3) is 0.333. The molecule has 1 fully saturated rings. The molecule has 0 bridgehead atoms. The Morgan fingerprint density at radius 2 is 1.90 bits per heavy atom. The van der Waals surface area contributed by atoms with E-state index in [0.29, 0.717) is 6.54 Å². The Kier molecular flexibility index (Phi) is 4.36. The van der Waals surface area contributed by atoms with Gasteiger partial charge in [-0.25, -0.2) is 0 Å². The molecule has 1 N–H and O–H groups in total. The molecule has 3 nitrogen and oxygen atoms in total. The molecule has 106 valence electrons. The van der Waals surface area contributed by atoms with Crippen LogP contribution in [0.1, 0.15) is 18.6 Å². The molecule has 1 aliphatic heterocycles. The SMILES string of the molecule is Brc1cc(CNc2ccccc2N2CCCC2)oc1Br. The summed E-state index contributed by atoms with van der Waals surface area (Å²) >= 11 is 6.80. The maximum atomic E-state index is 5.60. The normalized spacial score (nSPS) is 14.8. The van der Waals surface area contributed by atoms with Gasteiger partial charge in [0.05, 0.1) is 22.4 Å². The Labute approximate surface area is 135 Å². The van der Waals surface area contributed by atoms with Crippen LogP contribution >= 0.6 is 31.9 Å². The average molecular weight is 400 g/mol. The summed E-state index contributed by atoms with van der Waals surface area (Å²) in [6, 6.07) is 10.5. The van der Waals surface area contributed by atoms with Crippen LogP contribution in [0.2, 0.25) is 0 Å². The summed E-state index contributed by atoms with van der Waals surface area (Å²) in [4.78, 5) is 2.44. The predicted molar refractivity (Wildman–Crippen MR) is 89.3 cm³/mol. The lowest BCUT2D eigenvalue weighted by molar-refractivity contribution is 0.494. The van der Waals surface area contributed by atoms with Crippen LogP contribution < -0.4 is 10.2 Å². The first-order chi connectivity index (χ1) is 9.74. The Balaban J connectivity index is 1.73. The van der Waals surface area contributed by atoms with Gasteiger partial charge in [-0.3, -0.25) is 0 Å². The highest BCUT2D eigenvalue weighted by Gasteiger charge is 2.15. The van der Waals surface area contributed by atoms with E-state index in [1.54, 1.807) is 0 Å². The quantitative estimate of drug-likeness (QED) is 0.782. The minimum Gasteiger partial charge on any atom is -0.451 e. The summed E-state index contributed by atoms with van der Waals surface area (Å²) < 4.78 is 7.28. The van der Waals surface area contributed by atoms with Gasteiger partial charge in [-0.05, 0) is 62.9 Å². The molecule has 3 rings (SSSR count). The third-order valence-corrected chi connectivity index (χ3v) is 5.21. The Hall–Kier alpha value is -0.940. The number of halogens is 2. The zero-order valence-electron chi connectivity index (χ0n) is 11.0. The van der Waals surface area contributed by atoms with E-state index in [1.165, 1.54) is 18.5 Å². The molecule has 5 heteroatoms. The number of nitrogens with one attached hydrogen (secondary N) is 1. The van der Waals surface area contributed by atoms with Gasteiger partial charge in [0.2, 0.25) is 0 Å². The highest BCUT2D eigenvalue weighted by molar-refractivity contribution is 9.13. The van der Waals surface area contributed by atoms with Gasteiger partial charge in [0.1, 0.15) is 5.76 Å². The summed E-state index contributed by atoms with van der Waals surface area (Å²) in [5.41, 5.74) is 2.45. The van der Waals surface area contributed by atoms with E-state index in [9.17, 15) is 0 Å². The van der Waals surface area contributed by atoms with Gasteiger partial charge >= 0.3 is 0 Å². The third-order valence-electron chi connectivity index (χ3n) is 3.50. The van der Waals surface area contributed by atoms with Crippen LogP contribution in [0.4, 0.5) is 11.4 Å². The van der Waals surface area contributed by atoms with Crippen LogP contribution in [0.15, 0.2) is 43.9 Å². The summed E-state index contributed by atoms with van der Waals surface area (Å²) in [6.45, 7) is 2.97. The number of benzene rings is 1. The highest BCUT2D eigenvalue weighted by Crippen LogP contribution is 2.30. The van der Waals surface area contributed by atoms with Crippen LogP contribution in [-0.2, 0) is 6.54 Å². The van der Waals surface area contributed by atoms with Gasteiger partial charge in [0.15, 0.2) is 4.67 Å². The molecule has 0 aliphatic carbocycles. The standard InChI is InChI=1S/C15H16Br2N2O/c16-12-9-11(20-15(12)17)10-18-13-5-1-2-6-14(13)19-7-3-4-8-19/h1-2,5-6,9,18H,3-4,7-8,10H2. The van der Waals surface area contributed by atoms with E-state index >= 15 is 0 Å². The van der Waals surface area contributed by atoms with Crippen molar-refractivity contribution in [2.75, 3.05) is 23.3 Å². The maximum Gasteiger partial charge on any atom is 0.183 e. The molecule has 0 spiro atoms. The highest BCUT2D eigenvalue weighted by atomic mass is 79.9. The van der Waals surface area contributed by atoms with E-state index in [1.807, 2.05) is 6.07 Å². The van der Waals surface area contributed by atoms with Gasteiger partial charge in [-0.1, -0.05) is 12.1 Å². The molecule has 2 aromatic rings. The Morgan fingerprint density at radius 1 is 1.15 bits per heavy atom. The van der Waals surface area contributed by atoms with Crippen molar-refractivity contribution >= 4 is 43.2 Å². The van der Waals surface area contributed by atoms with Crippen molar-refractivity contribution in [3.05, 3.63) is 45.2 Å². The van der Waals surface area contributed by atoms with Gasteiger partial charge in [-0.2, -0.15) is 0 Å². The second kappa shape index (κ2) is 6.22. The second-order valence-electron chi connectivity index (χ2n) is 4.90. The predicted octanol–water partition coefficient (Wildman–Crippen LogP) is 5.02. The van der Waals surface area contributed by atoms with E-state index in [4.69, 9.17) is 4.42 Å². The number of hydrogen-bond donors (Lipinski definition) is 1. The molecule has 0 unspecified atom stereocenters. The van der Waals surface area contributed by atoms with Crippen LogP contribution in [0.25, 0.3) is 0 Å². The molecule has 1 aromatic heterocycles. The molecule has 0 saturated carbocycles. The number of nitrogens with zero attached hydrogens (tertiary/aromatic N) is 1. The van der Waals surface area contributed by atoms with Gasteiger partial charge in [-0.15, -0.1) is 0 Å². The van der Waals surface area contributed by atoms with Crippen LogP contribution in [-0.4, -0.2) is 13.1 Å². The van der Waals surface area contributed by atoms with Crippen LogP contribution in [0.3, 0.4) is 0 Å². The molecule has 0 amide bonds. The molecule has 1 aromatic carbocycles.